The Balaban J connectivity index is 2.07. The van der Waals surface area contributed by atoms with Crippen LogP contribution in [0.3, 0.4) is 0 Å². The molecule has 4 nitrogen and oxygen atoms in total. The molecule has 1 aliphatic rings. The quantitative estimate of drug-likeness (QED) is 0.943. The molecule has 4 heteroatoms. The molecule has 22 heavy (non-hydrogen) atoms. The third-order valence-corrected chi connectivity index (χ3v) is 4.08. The summed E-state index contributed by atoms with van der Waals surface area (Å²) in [6, 6.07) is 16.5. The van der Waals surface area contributed by atoms with Gasteiger partial charge in [-0.15, -0.1) is 0 Å². The standard InChI is InChI=1S/C18H19NO3/c1-22-12-11-19-16(13-7-3-2-4-8-13)17(20)14-9-5-6-10-15(14)18(19)21/h2-10,16-17,20H,11-12H2,1H3/t16-,17-/m1/s1. The molecule has 0 aromatic heterocycles. The maximum Gasteiger partial charge on any atom is 0.254 e. The van der Waals surface area contributed by atoms with E-state index in [1.165, 1.54) is 0 Å². The molecule has 0 aliphatic carbocycles. The van der Waals surface area contributed by atoms with Crippen LogP contribution in [-0.2, 0) is 4.74 Å². The number of hydrogen-bond donors (Lipinski definition) is 1. The van der Waals surface area contributed by atoms with Crippen LogP contribution >= 0.6 is 0 Å². The number of amides is 1. The number of fused-ring (bicyclic) bond motifs is 1. The molecule has 1 heterocycles. The Bertz CT molecular complexity index is 656. The molecule has 3 rings (SSSR count). The van der Waals surface area contributed by atoms with Gasteiger partial charge in [0.25, 0.3) is 5.91 Å². The van der Waals surface area contributed by atoms with Gasteiger partial charge in [-0.05, 0) is 17.2 Å². The van der Waals surface area contributed by atoms with Gasteiger partial charge in [0.1, 0.15) is 6.10 Å². The zero-order chi connectivity index (χ0) is 15.5. The minimum Gasteiger partial charge on any atom is -0.386 e. The van der Waals surface area contributed by atoms with E-state index in [2.05, 4.69) is 0 Å². The number of aliphatic hydroxyl groups excluding tert-OH is 1. The van der Waals surface area contributed by atoms with Gasteiger partial charge in [-0.3, -0.25) is 4.79 Å². The van der Waals surface area contributed by atoms with E-state index in [-0.39, 0.29) is 5.91 Å². The van der Waals surface area contributed by atoms with Crippen molar-refractivity contribution in [2.24, 2.45) is 0 Å². The van der Waals surface area contributed by atoms with Gasteiger partial charge >= 0.3 is 0 Å². The smallest absolute Gasteiger partial charge is 0.254 e. The molecule has 2 atom stereocenters. The van der Waals surface area contributed by atoms with Gasteiger partial charge in [0.05, 0.1) is 12.6 Å². The molecule has 0 unspecified atom stereocenters. The van der Waals surface area contributed by atoms with Gasteiger partial charge in [-0.1, -0.05) is 48.5 Å². The summed E-state index contributed by atoms with van der Waals surface area (Å²) < 4.78 is 5.12. The molecule has 0 fully saturated rings. The lowest BCUT2D eigenvalue weighted by Crippen LogP contribution is -2.44. The van der Waals surface area contributed by atoms with Crippen molar-refractivity contribution in [2.75, 3.05) is 20.3 Å². The fourth-order valence-electron chi connectivity index (χ4n) is 3.01. The molecule has 1 N–H and O–H groups in total. The second-order valence-electron chi connectivity index (χ2n) is 5.38. The Morgan fingerprint density at radius 1 is 1.09 bits per heavy atom. The van der Waals surface area contributed by atoms with Gasteiger partial charge in [-0.25, -0.2) is 0 Å². The maximum absolute atomic E-state index is 12.8. The minimum absolute atomic E-state index is 0.0631. The minimum atomic E-state index is -0.742. The van der Waals surface area contributed by atoms with Crippen molar-refractivity contribution in [3.8, 4) is 0 Å². The Kier molecular flexibility index (Phi) is 4.22. The Hall–Kier alpha value is -2.17. The van der Waals surface area contributed by atoms with Crippen LogP contribution in [0.15, 0.2) is 54.6 Å². The summed E-state index contributed by atoms with van der Waals surface area (Å²) >= 11 is 0. The van der Waals surface area contributed by atoms with Crippen LogP contribution in [0.25, 0.3) is 0 Å². The summed E-state index contributed by atoms with van der Waals surface area (Å²) in [6.07, 6.45) is -0.742. The fraction of sp³-hybridized carbons (Fsp3) is 0.278. The fourth-order valence-corrected chi connectivity index (χ4v) is 3.01. The van der Waals surface area contributed by atoms with Crippen LogP contribution in [0.4, 0.5) is 0 Å². The first kappa shape index (κ1) is 14.8. The first-order valence-electron chi connectivity index (χ1n) is 7.36. The van der Waals surface area contributed by atoms with Crippen LogP contribution in [0.2, 0.25) is 0 Å². The van der Waals surface area contributed by atoms with Gasteiger partial charge in [0.15, 0.2) is 0 Å². The Labute approximate surface area is 130 Å². The predicted octanol–water partition coefficient (Wildman–Crippen LogP) is 2.56. The summed E-state index contributed by atoms with van der Waals surface area (Å²) in [6.45, 7) is 0.879. The highest BCUT2D eigenvalue weighted by Gasteiger charge is 2.39. The van der Waals surface area contributed by atoms with Crippen LogP contribution in [-0.4, -0.2) is 36.2 Å². The van der Waals surface area contributed by atoms with E-state index in [1.54, 1.807) is 18.1 Å². The summed E-state index contributed by atoms with van der Waals surface area (Å²) in [4.78, 5) is 14.5. The molecule has 0 saturated heterocycles. The van der Waals surface area contributed by atoms with Gasteiger partial charge in [0.2, 0.25) is 0 Å². The Morgan fingerprint density at radius 3 is 2.50 bits per heavy atom. The first-order chi connectivity index (χ1) is 10.7. The Morgan fingerprint density at radius 2 is 1.77 bits per heavy atom. The highest BCUT2D eigenvalue weighted by molar-refractivity contribution is 5.97. The SMILES string of the molecule is COCCN1C(=O)c2ccccc2[C@@H](O)[C@H]1c1ccccc1. The van der Waals surface area contributed by atoms with Crippen molar-refractivity contribution in [1.82, 2.24) is 4.90 Å². The lowest BCUT2D eigenvalue weighted by Gasteiger charge is -2.40. The third-order valence-electron chi connectivity index (χ3n) is 4.08. The number of ether oxygens (including phenoxy) is 1. The van der Waals surface area contributed by atoms with E-state index in [9.17, 15) is 9.90 Å². The van der Waals surface area contributed by atoms with Gasteiger partial charge in [0, 0.05) is 19.2 Å². The summed E-state index contributed by atoms with van der Waals surface area (Å²) in [5.74, 6) is -0.0631. The zero-order valence-electron chi connectivity index (χ0n) is 12.5. The first-order valence-corrected chi connectivity index (χ1v) is 7.36. The molecule has 0 radical (unpaired) electrons. The van der Waals surface area contributed by atoms with Crippen LogP contribution in [0.5, 0.6) is 0 Å². The molecule has 1 aliphatic heterocycles. The number of benzene rings is 2. The topological polar surface area (TPSA) is 49.8 Å². The third kappa shape index (κ3) is 2.51. The summed E-state index contributed by atoms with van der Waals surface area (Å²) in [5.41, 5.74) is 2.18. The molecule has 0 spiro atoms. The average Bonchev–Trinajstić information content (AvgIpc) is 2.57. The summed E-state index contributed by atoms with van der Waals surface area (Å²) in [5, 5.41) is 10.8. The van der Waals surface area contributed by atoms with E-state index in [1.807, 2.05) is 48.5 Å². The van der Waals surface area contributed by atoms with E-state index in [4.69, 9.17) is 4.74 Å². The van der Waals surface area contributed by atoms with Crippen molar-refractivity contribution in [3.63, 3.8) is 0 Å². The normalized spacial score (nSPS) is 20.8. The van der Waals surface area contributed by atoms with Crippen molar-refractivity contribution in [3.05, 3.63) is 71.3 Å². The number of carbonyl (C=O) groups is 1. The van der Waals surface area contributed by atoms with Crippen molar-refractivity contribution in [1.29, 1.82) is 0 Å². The monoisotopic (exact) mass is 297 g/mol. The van der Waals surface area contributed by atoms with E-state index in [0.717, 1.165) is 5.56 Å². The highest BCUT2D eigenvalue weighted by Crippen LogP contribution is 2.40. The summed E-state index contributed by atoms with van der Waals surface area (Å²) in [7, 11) is 1.61. The maximum atomic E-state index is 12.8. The lowest BCUT2D eigenvalue weighted by molar-refractivity contribution is 0.0167. The van der Waals surface area contributed by atoms with Crippen molar-refractivity contribution < 1.29 is 14.6 Å². The van der Waals surface area contributed by atoms with Crippen LogP contribution < -0.4 is 0 Å². The van der Waals surface area contributed by atoms with Crippen molar-refractivity contribution in [2.45, 2.75) is 12.1 Å². The van der Waals surface area contributed by atoms with Crippen molar-refractivity contribution >= 4 is 5.91 Å². The highest BCUT2D eigenvalue weighted by atomic mass is 16.5. The van der Waals surface area contributed by atoms with E-state index in [0.29, 0.717) is 24.3 Å². The molecular formula is C18H19NO3. The molecule has 114 valence electrons. The van der Waals surface area contributed by atoms with E-state index < -0.39 is 12.1 Å². The number of nitrogens with zero attached hydrogens (tertiary/aromatic N) is 1. The number of methoxy groups -OCH3 is 1. The molecule has 2 aromatic rings. The molecular weight excluding hydrogens is 278 g/mol. The van der Waals surface area contributed by atoms with Gasteiger partial charge < -0.3 is 14.7 Å². The van der Waals surface area contributed by atoms with Crippen LogP contribution in [0.1, 0.15) is 33.6 Å². The molecule has 1 amide bonds. The lowest BCUT2D eigenvalue weighted by atomic mass is 9.87. The second-order valence-corrected chi connectivity index (χ2v) is 5.38. The molecule has 0 bridgehead atoms. The number of hydrogen-bond acceptors (Lipinski definition) is 3. The average molecular weight is 297 g/mol. The zero-order valence-corrected chi connectivity index (χ0v) is 12.5. The second kappa shape index (κ2) is 6.30. The molecule has 2 aromatic carbocycles. The predicted molar refractivity (Wildman–Crippen MR) is 83.5 cm³/mol. The van der Waals surface area contributed by atoms with Gasteiger partial charge in [-0.2, -0.15) is 0 Å². The van der Waals surface area contributed by atoms with Crippen LogP contribution in [0, 0.1) is 0 Å². The molecule has 0 saturated carbocycles. The number of rotatable bonds is 4. The number of aliphatic hydroxyl groups is 1. The van der Waals surface area contributed by atoms with E-state index >= 15 is 0 Å². The number of carbonyl (C=O) groups excluding carboxylic acids is 1. The largest absolute Gasteiger partial charge is 0.386 e.